The highest BCUT2D eigenvalue weighted by molar-refractivity contribution is 9.10. The van der Waals surface area contributed by atoms with Crippen LogP contribution in [0.5, 0.6) is 0 Å². The van der Waals surface area contributed by atoms with Gasteiger partial charge >= 0.3 is 5.97 Å². The summed E-state index contributed by atoms with van der Waals surface area (Å²) in [7, 11) is -3.16. The molecule has 18 heavy (non-hydrogen) atoms. The highest BCUT2D eigenvalue weighted by Crippen LogP contribution is 2.23. The van der Waals surface area contributed by atoms with Crippen molar-refractivity contribution in [2.24, 2.45) is 0 Å². The van der Waals surface area contributed by atoms with Gasteiger partial charge in [0, 0.05) is 15.6 Å². The summed E-state index contributed by atoms with van der Waals surface area (Å²) in [5.41, 5.74) is 0.500. The second-order valence-corrected chi connectivity index (χ2v) is 6.75. The van der Waals surface area contributed by atoms with Crippen molar-refractivity contribution < 1.29 is 18.3 Å². The fourth-order valence-electron chi connectivity index (χ4n) is 1.68. The number of carboxylic acids is 1. The molecule has 7 heteroatoms. The number of sulfone groups is 1. The van der Waals surface area contributed by atoms with E-state index in [1.165, 1.54) is 12.1 Å². The molecule has 0 amide bonds. The van der Waals surface area contributed by atoms with E-state index in [4.69, 9.17) is 5.11 Å². The first-order chi connectivity index (χ1) is 8.37. The number of carbonyl (C=O) groups is 1. The molecule has 0 saturated carbocycles. The predicted octanol–water partition coefficient (Wildman–Crippen LogP) is 1.87. The minimum atomic E-state index is -3.16. The molecule has 2 N–H and O–H groups in total. The number of carboxylic acid groups (broad SMARTS) is 1. The summed E-state index contributed by atoms with van der Waals surface area (Å²) in [5.74, 6) is -1.12. The van der Waals surface area contributed by atoms with Gasteiger partial charge in [0.1, 0.15) is 0 Å². The van der Waals surface area contributed by atoms with Gasteiger partial charge in [0.2, 0.25) is 0 Å². The van der Waals surface area contributed by atoms with Gasteiger partial charge in [-0.3, -0.25) is 0 Å². The van der Waals surface area contributed by atoms with Crippen LogP contribution in [0, 0.1) is 0 Å². The van der Waals surface area contributed by atoms with Crippen molar-refractivity contribution in [2.45, 2.75) is 6.04 Å². The Morgan fingerprint density at radius 2 is 2.17 bits per heavy atom. The van der Waals surface area contributed by atoms with Crippen LogP contribution in [-0.4, -0.2) is 31.3 Å². The van der Waals surface area contributed by atoms with E-state index < -0.39 is 21.8 Å². The average Bonchev–Trinajstić information content (AvgIpc) is 2.60. The second-order valence-electron chi connectivity index (χ2n) is 3.90. The van der Waals surface area contributed by atoms with Gasteiger partial charge in [0.15, 0.2) is 9.84 Å². The molecule has 0 bridgehead atoms. The lowest BCUT2D eigenvalue weighted by molar-refractivity contribution is 0.0698. The summed E-state index contributed by atoms with van der Waals surface area (Å²) >= 11 is 3.19. The average molecular weight is 332 g/mol. The van der Waals surface area contributed by atoms with Crippen LogP contribution in [0.1, 0.15) is 10.4 Å². The third-order valence-electron chi connectivity index (χ3n) is 2.48. The number of benzene rings is 1. The third kappa shape index (κ3) is 2.91. The molecule has 1 aromatic carbocycles. The van der Waals surface area contributed by atoms with E-state index in [-0.39, 0.29) is 11.3 Å². The van der Waals surface area contributed by atoms with Gasteiger partial charge in [0.05, 0.1) is 17.4 Å². The Labute approximate surface area is 113 Å². The molecule has 0 saturated heterocycles. The van der Waals surface area contributed by atoms with Crippen molar-refractivity contribution in [3.05, 3.63) is 39.7 Å². The van der Waals surface area contributed by atoms with Crippen molar-refractivity contribution in [3.8, 4) is 0 Å². The van der Waals surface area contributed by atoms with Gasteiger partial charge in [-0.1, -0.05) is 22.0 Å². The SMILES string of the molecule is O=C(O)c1cc(Br)ccc1NC1C=CS(=O)(=O)C1. The normalized spacial score (nSPS) is 20.8. The van der Waals surface area contributed by atoms with Gasteiger partial charge in [-0.25, -0.2) is 13.2 Å². The van der Waals surface area contributed by atoms with Crippen molar-refractivity contribution in [2.75, 3.05) is 11.1 Å². The number of aromatic carboxylic acids is 1. The van der Waals surface area contributed by atoms with Crippen LogP contribution in [-0.2, 0) is 9.84 Å². The molecule has 96 valence electrons. The fourth-order valence-corrected chi connectivity index (χ4v) is 3.28. The standard InChI is InChI=1S/C11H10BrNO4S/c12-7-1-2-10(9(5-7)11(14)15)13-8-3-4-18(16,17)6-8/h1-5,8,13H,6H2,(H,14,15). The Kier molecular flexibility index (Phi) is 3.45. The van der Waals surface area contributed by atoms with Crippen LogP contribution in [0.3, 0.4) is 0 Å². The van der Waals surface area contributed by atoms with Crippen LogP contribution in [0.2, 0.25) is 0 Å². The van der Waals surface area contributed by atoms with Gasteiger partial charge in [-0.2, -0.15) is 0 Å². The number of nitrogens with one attached hydrogen (secondary N) is 1. The van der Waals surface area contributed by atoms with E-state index >= 15 is 0 Å². The third-order valence-corrected chi connectivity index (χ3v) is 4.37. The molecular formula is C11H10BrNO4S. The Balaban J connectivity index is 2.25. The van der Waals surface area contributed by atoms with Crippen molar-refractivity contribution in [1.29, 1.82) is 0 Å². The van der Waals surface area contributed by atoms with Crippen LogP contribution in [0.25, 0.3) is 0 Å². The number of rotatable bonds is 3. The van der Waals surface area contributed by atoms with Gasteiger partial charge < -0.3 is 10.4 Å². The summed E-state index contributed by atoms with van der Waals surface area (Å²) in [6.07, 6.45) is 1.52. The Bertz CT molecular complexity index is 624. The molecule has 1 aromatic rings. The molecule has 1 aliphatic heterocycles. The molecule has 5 nitrogen and oxygen atoms in total. The van der Waals surface area contributed by atoms with Crippen LogP contribution >= 0.6 is 15.9 Å². The van der Waals surface area contributed by atoms with Crippen LogP contribution in [0.4, 0.5) is 5.69 Å². The summed E-state index contributed by atoms with van der Waals surface area (Å²) in [6, 6.07) is 4.38. The Morgan fingerprint density at radius 1 is 1.44 bits per heavy atom. The Morgan fingerprint density at radius 3 is 2.72 bits per heavy atom. The molecule has 1 unspecified atom stereocenters. The van der Waals surface area contributed by atoms with E-state index in [2.05, 4.69) is 21.2 Å². The lowest BCUT2D eigenvalue weighted by Gasteiger charge is -2.14. The molecular weight excluding hydrogens is 322 g/mol. The number of hydrogen-bond donors (Lipinski definition) is 2. The van der Waals surface area contributed by atoms with Crippen molar-refractivity contribution >= 4 is 37.4 Å². The maximum absolute atomic E-state index is 11.3. The minimum Gasteiger partial charge on any atom is -0.478 e. The quantitative estimate of drug-likeness (QED) is 0.883. The lowest BCUT2D eigenvalue weighted by Crippen LogP contribution is -2.22. The van der Waals surface area contributed by atoms with E-state index in [1.807, 2.05) is 0 Å². The number of halogens is 1. The molecule has 0 aromatic heterocycles. The fraction of sp³-hybridized carbons (Fsp3) is 0.182. The maximum Gasteiger partial charge on any atom is 0.337 e. The highest BCUT2D eigenvalue weighted by atomic mass is 79.9. The minimum absolute atomic E-state index is 0.0534. The zero-order valence-corrected chi connectivity index (χ0v) is 11.5. The topological polar surface area (TPSA) is 83.5 Å². The highest BCUT2D eigenvalue weighted by Gasteiger charge is 2.22. The molecule has 1 heterocycles. The first-order valence-corrected chi connectivity index (χ1v) is 7.58. The van der Waals surface area contributed by atoms with Crippen molar-refractivity contribution in [1.82, 2.24) is 0 Å². The largest absolute Gasteiger partial charge is 0.478 e. The first-order valence-electron chi connectivity index (χ1n) is 5.08. The van der Waals surface area contributed by atoms with E-state index in [0.29, 0.717) is 10.2 Å². The number of anilines is 1. The lowest BCUT2D eigenvalue weighted by atomic mass is 10.1. The zero-order valence-electron chi connectivity index (χ0n) is 9.13. The monoisotopic (exact) mass is 331 g/mol. The van der Waals surface area contributed by atoms with Gasteiger partial charge in [-0.15, -0.1) is 0 Å². The smallest absolute Gasteiger partial charge is 0.337 e. The second kappa shape index (κ2) is 4.74. The summed E-state index contributed by atoms with van der Waals surface area (Å²) in [5, 5.41) is 13.1. The molecule has 2 rings (SSSR count). The first kappa shape index (κ1) is 13.1. The molecule has 1 atom stereocenters. The maximum atomic E-state index is 11.3. The van der Waals surface area contributed by atoms with E-state index in [9.17, 15) is 13.2 Å². The molecule has 1 aliphatic rings. The summed E-state index contributed by atoms with van der Waals surface area (Å²) in [4.78, 5) is 11.1. The molecule has 0 spiro atoms. The molecule has 0 aliphatic carbocycles. The van der Waals surface area contributed by atoms with Crippen LogP contribution < -0.4 is 5.32 Å². The zero-order chi connectivity index (χ0) is 13.3. The Hall–Kier alpha value is -1.34. The predicted molar refractivity (Wildman–Crippen MR) is 71.4 cm³/mol. The van der Waals surface area contributed by atoms with E-state index in [0.717, 1.165) is 5.41 Å². The van der Waals surface area contributed by atoms with Crippen LogP contribution in [0.15, 0.2) is 34.2 Å². The van der Waals surface area contributed by atoms with Crippen molar-refractivity contribution in [3.63, 3.8) is 0 Å². The van der Waals surface area contributed by atoms with Gasteiger partial charge in [0.25, 0.3) is 0 Å². The molecule has 0 fully saturated rings. The van der Waals surface area contributed by atoms with E-state index in [1.54, 1.807) is 12.1 Å². The summed E-state index contributed by atoms with van der Waals surface area (Å²) < 4.78 is 23.2. The summed E-state index contributed by atoms with van der Waals surface area (Å²) in [6.45, 7) is 0. The number of hydrogen-bond acceptors (Lipinski definition) is 4. The van der Waals surface area contributed by atoms with Gasteiger partial charge in [-0.05, 0) is 18.2 Å². The molecule has 0 radical (unpaired) electrons.